The van der Waals surface area contributed by atoms with Crippen molar-refractivity contribution in [3.8, 4) is 0 Å². The molecule has 2 atom stereocenters. The summed E-state index contributed by atoms with van der Waals surface area (Å²) >= 11 is 0. The van der Waals surface area contributed by atoms with E-state index in [1.54, 1.807) is 0 Å². The van der Waals surface area contributed by atoms with Crippen LogP contribution in [0, 0.1) is 0 Å². The maximum atomic E-state index is 11.7. The molecule has 4 nitrogen and oxygen atoms in total. The van der Waals surface area contributed by atoms with Crippen molar-refractivity contribution < 1.29 is 4.79 Å². The van der Waals surface area contributed by atoms with E-state index in [0.29, 0.717) is 0 Å². The molecule has 2 saturated heterocycles. The zero-order chi connectivity index (χ0) is 9.64. The summed E-state index contributed by atoms with van der Waals surface area (Å²) in [4.78, 5) is 15.5. The highest BCUT2D eigenvalue weighted by Gasteiger charge is 2.47. The van der Waals surface area contributed by atoms with Crippen molar-refractivity contribution in [2.45, 2.75) is 12.5 Å². The molecule has 0 N–H and O–H groups in total. The van der Waals surface area contributed by atoms with Crippen molar-refractivity contribution in [1.82, 2.24) is 14.5 Å². The molecule has 0 bridgehead atoms. The van der Waals surface area contributed by atoms with Crippen LogP contribution in [-0.2, 0) is 0 Å². The van der Waals surface area contributed by atoms with E-state index in [0.717, 1.165) is 26.2 Å². The van der Waals surface area contributed by atoms with Gasteiger partial charge in [0.2, 0.25) is 0 Å². The van der Waals surface area contributed by atoms with Crippen LogP contribution in [0.2, 0.25) is 0 Å². The fourth-order valence-corrected chi connectivity index (χ4v) is 2.86. The molecule has 0 aromatic rings. The van der Waals surface area contributed by atoms with Crippen molar-refractivity contribution in [2.75, 3.05) is 33.2 Å². The minimum Gasteiger partial charge on any atom is -0.325 e. The Morgan fingerprint density at radius 2 is 2.08 bits per heavy atom. The maximum absolute atomic E-state index is 11.7. The molecule has 74 valence electrons. The Kier molecular flexibility index (Phi) is 2.00. The lowest BCUT2D eigenvalue weighted by Gasteiger charge is -2.42. The average Bonchev–Trinajstić information content (AvgIpc) is 2.22. The van der Waals surface area contributed by atoms with E-state index in [9.17, 15) is 4.79 Å². The van der Waals surface area contributed by atoms with Crippen LogP contribution < -0.4 is 0 Å². The standard InChI is InChI=1S/C8H16N3OP/c1-8-5-9(2)7(12)11(8)4-3-10(13)6-8/h3-6,13H2,1-2H3. The first-order valence-corrected chi connectivity index (χ1v) is 5.07. The Morgan fingerprint density at radius 3 is 2.77 bits per heavy atom. The fraction of sp³-hybridized carbons (Fsp3) is 0.875. The Labute approximate surface area is 81.1 Å². The highest BCUT2D eigenvalue weighted by molar-refractivity contribution is 7.13. The lowest BCUT2D eigenvalue weighted by atomic mass is 10.00. The number of hydrogen-bond donors (Lipinski definition) is 0. The quantitative estimate of drug-likeness (QED) is 0.524. The molecular formula is C8H16N3OP. The summed E-state index contributed by atoms with van der Waals surface area (Å²) in [7, 11) is 4.60. The Balaban J connectivity index is 2.22. The molecule has 2 rings (SSSR count). The normalized spacial score (nSPS) is 35.5. The zero-order valence-electron chi connectivity index (χ0n) is 8.16. The van der Waals surface area contributed by atoms with Crippen LogP contribution in [0.3, 0.4) is 0 Å². The molecule has 0 radical (unpaired) electrons. The van der Waals surface area contributed by atoms with E-state index in [2.05, 4.69) is 21.0 Å². The zero-order valence-corrected chi connectivity index (χ0v) is 9.31. The molecule has 0 aromatic carbocycles. The molecule has 0 aromatic heterocycles. The second-order valence-corrected chi connectivity index (χ2v) is 4.99. The van der Waals surface area contributed by atoms with Crippen LogP contribution in [0.4, 0.5) is 4.79 Å². The van der Waals surface area contributed by atoms with Crippen LogP contribution in [0.15, 0.2) is 0 Å². The van der Waals surface area contributed by atoms with Gasteiger partial charge < -0.3 is 9.80 Å². The third-order valence-electron chi connectivity index (χ3n) is 2.94. The Bertz CT molecular complexity index is 248. The van der Waals surface area contributed by atoms with Crippen molar-refractivity contribution in [3.05, 3.63) is 0 Å². The second-order valence-electron chi connectivity index (χ2n) is 4.26. The highest BCUT2D eigenvalue weighted by atomic mass is 31.0. The Hall–Kier alpha value is -0.340. The number of hydrogen-bond acceptors (Lipinski definition) is 2. The number of nitrogens with zero attached hydrogens (tertiary/aromatic N) is 3. The van der Waals surface area contributed by atoms with E-state index in [4.69, 9.17) is 0 Å². The van der Waals surface area contributed by atoms with Crippen LogP contribution in [-0.4, -0.2) is 59.3 Å². The molecule has 0 saturated carbocycles. The third kappa shape index (κ3) is 1.32. The topological polar surface area (TPSA) is 26.8 Å². The summed E-state index contributed by atoms with van der Waals surface area (Å²) in [6, 6.07) is 0.181. The van der Waals surface area contributed by atoms with Crippen LogP contribution in [0.5, 0.6) is 0 Å². The van der Waals surface area contributed by atoms with Gasteiger partial charge in [0.25, 0.3) is 0 Å². The van der Waals surface area contributed by atoms with Gasteiger partial charge in [-0.3, -0.25) is 4.67 Å². The van der Waals surface area contributed by atoms with Gasteiger partial charge in [-0.15, -0.1) is 0 Å². The van der Waals surface area contributed by atoms with Gasteiger partial charge in [0.15, 0.2) is 0 Å². The number of amides is 2. The summed E-state index contributed by atoms with van der Waals surface area (Å²) in [5, 5.41) is 0. The van der Waals surface area contributed by atoms with Crippen LogP contribution >= 0.6 is 9.39 Å². The molecule has 2 unspecified atom stereocenters. The summed E-state index contributed by atoms with van der Waals surface area (Å²) < 4.78 is 2.21. The van der Waals surface area contributed by atoms with Gasteiger partial charge in [-0.1, -0.05) is 9.39 Å². The molecule has 2 fully saturated rings. The van der Waals surface area contributed by atoms with E-state index < -0.39 is 0 Å². The largest absolute Gasteiger partial charge is 0.325 e. The van der Waals surface area contributed by atoms with E-state index in [-0.39, 0.29) is 11.6 Å². The van der Waals surface area contributed by atoms with E-state index >= 15 is 0 Å². The van der Waals surface area contributed by atoms with Crippen molar-refractivity contribution in [1.29, 1.82) is 0 Å². The predicted molar refractivity (Wildman–Crippen MR) is 54.4 cm³/mol. The van der Waals surface area contributed by atoms with Gasteiger partial charge >= 0.3 is 6.03 Å². The predicted octanol–water partition coefficient (Wildman–Crippen LogP) is 0.218. The molecule has 2 amide bonds. The number of likely N-dealkylation sites (N-methyl/N-ethyl adjacent to an activating group) is 1. The van der Waals surface area contributed by atoms with Gasteiger partial charge in [0.1, 0.15) is 0 Å². The lowest BCUT2D eigenvalue weighted by molar-refractivity contribution is 0.111. The maximum Gasteiger partial charge on any atom is 0.320 e. The number of piperazine rings is 1. The second kappa shape index (κ2) is 2.82. The molecular weight excluding hydrogens is 185 g/mol. The number of urea groups is 1. The molecule has 2 aliphatic rings. The first kappa shape index (κ1) is 9.22. The number of fused-ring (bicyclic) bond motifs is 1. The first-order valence-electron chi connectivity index (χ1n) is 4.55. The number of rotatable bonds is 0. The fourth-order valence-electron chi connectivity index (χ4n) is 2.35. The van der Waals surface area contributed by atoms with Gasteiger partial charge in [-0.2, -0.15) is 0 Å². The summed E-state index contributed by atoms with van der Waals surface area (Å²) in [5.74, 6) is 0. The Morgan fingerprint density at radius 1 is 1.38 bits per heavy atom. The number of carbonyl (C=O) groups is 1. The summed E-state index contributed by atoms with van der Waals surface area (Å²) in [5.41, 5.74) is 0.0197. The molecule has 0 aliphatic carbocycles. The smallest absolute Gasteiger partial charge is 0.320 e. The van der Waals surface area contributed by atoms with Gasteiger partial charge in [-0.05, 0) is 6.92 Å². The van der Waals surface area contributed by atoms with Crippen LogP contribution in [0.25, 0.3) is 0 Å². The minimum atomic E-state index is 0.0197. The minimum absolute atomic E-state index is 0.0197. The SMILES string of the molecule is CN1CC2(C)CN(P)CCN2C1=O. The van der Waals surface area contributed by atoms with E-state index in [1.165, 1.54) is 0 Å². The average molecular weight is 201 g/mol. The van der Waals surface area contributed by atoms with Crippen LogP contribution in [0.1, 0.15) is 6.92 Å². The summed E-state index contributed by atoms with van der Waals surface area (Å²) in [6.45, 7) is 5.76. The van der Waals surface area contributed by atoms with Crippen molar-refractivity contribution >= 4 is 15.4 Å². The van der Waals surface area contributed by atoms with Gasteiger partial charge in [-0.25, -0.2) is 4.79 Å². The van der Waals surface area contributed by atoms with Crippen molar-refractivity contribution in [3.63, 3.8) is 0 Å². The van der Waals surface area contributed by atoms with Crippen molar-refractivity contribution in [2.24, 2.45) is 0 Å². The summed E-state index contributed by atoms with van der Waals surface area (Å²) in [6.07, 6.45) is 0. The third-order valence-corrected chi connectivity index (χ3v) is 3.38. The monoisotopic (exact) mass is 201 g/mol. The van der Waals surface area contributed by atoms with E-state index in [1.807, 2.05) is 16.8 Å². The molecule has 0 spiro atoms. The van der Waals surface area contributed by atoms with Gasteiger partial charge in [0, 0.05) is 33.2 Å². The molecule has 2 heterocycles. The number of carbonyl (C=O) groups excluding carboxylic acids is 1. The molecule has 5 heteroatoms. The van der Waals surface area contributed by atoms with Gasteiger partial charge in [0.05, 0.1) is 5.54 Å². The lowest BCUT2D eigenvalue weighted by Crippen LogP contribution is -2.57. The molecule has 2 aliphatic heterocycles. The molecule has 13 heavy (non-hydrogen) atoms. The highest BCUT2D eigenvalue weighted by Crippen LogP contribution is 2.30. The first-order chi connectivity index (χ1) is 6.03.